The van der Waals surface area contributed by atoms with Gasteiger partial charge >= 0.3 is 0 Å². The average Bonchev–Trinajstić information content (AvgIpc) is 2.14. The summed E-state index contributed by atoms with van der Waals surface area (Å²) in [6, 6.07) is 3.64. The molecule has 2 heteroatoms. The standard InChI is InChI=1S/C5H6NO/c1-7-5-3-2-4-6-5/h2-4H,1H3/q-1. The Morgan fingerprint density at radius 3 is 2.86 bits per heavy atom. The fourth-order valence-corrected chi connectivity index (χ4v) is 0.406. The van der Waals surface area contributed by atoms with Crippen molar-refractivity contribution in [1.29, 1.82) is 0 Å². The predicted octanol–water partition coefficient (Wildman–Crippen LogP) is 0.652. The van der Waals surface area contributed by atoms with Gasteiger partial charge in [0, 0.05) is 5.88 Å². The molecule has 0 aliphatic carbocycles. The fraction of sp³-hybridized carbons (Fsp3) is 0.200. The summed E-state index contributed by atoms with van der Waals surface area (Å²) < 4.78 is 4.74. The van der Waals surface area contributed by atoms with E-state index in [1.165, 1.54) is 0 Å². The smallest absolute Gasteiger partial charge is 0.0748 e. The van der Waals surface area contributed by atoms with Crippen molar-refractivity contribution in [3.8, 4) is 5.88 Å². The van der Waals surface area contributed by atoms with Gasteiger partial charge in [-0.3, -0.25) is 0 Å². The molecular formula is C5H6NO-. The highest BCUT2D eigenvalue weighted by atomic mass is 16.5. The third-order valence-electron chi connectivity index (χ3n) is 0.736. The lowest BCUT2D eigenvalue weighted by atomic mass is 10.7. The molecule has 7 heavy (non-hydrogen) atoms. The van der Waals surface area contributed by atoms with Gasteiger partial charge in [-0.1, -0.05) is 6.07 Å². The van der Waals surface area contributed by atoms with E-state index in [1.807, 2.05) is 6.07 Å². The quantitative estimate of drug-likeness (QED) is 0.512. The molecule has 0 unspecified atom stereocenters. The normalized spacial score (nSPS) is 8.71. The molecular weight excluding hydrogens is 90.1 g/mol. The first-order chi connectivity index (χ1) is 3.43. The van der Waals surface area contributed by atoms with Gasteiger partial charge in [0.05, 0.1) is 7.11 Å². The predicted molar refractivity (Wildman–Crippen MR) is 26.3 cm³/mol. The van der Waals surface area contributed by atoms with E-state index >= 15 is 0 Å². The van der Waals surface area contributed by atoms with Crippen molar-refractivity contribution in [1.82, 2.24) is 4.98 Å². The number of hydrogen-bond acceptors (Lipinski definition) is 1. The van der Waals surface area contributed by atoms with Gasteiger partial charge in [-0.25, -0.2) is 0 Å². The number of rotatable bonds is 1. The van der Waals surface area contributed by atoms with Crippen molar-refractivity contribution in [2.45, 2.75) is 0 Å². The molecule has 0 saturated carbocycles. The lowest BCUT2D eigenvalue weighted by Gasteiger charge is -2.00. The van der Waals surface area contributed by atoms with E-state index in [1.54, 1.807) is 19.4 Å². The van der Waals surface area contributed by atoms with Crippen LogP contribution in [0.2, 0.25) is 0 Å². The molecule has 0 amide bonds. The van der Waals surface area contributed by atoms with E-state index in [0.717, 1.165) is 0 Å². The molecule has 0 atom stereocenters. The monoisotopic (exact) mass is 96.0 g/mol. The molecule has 1 aromatic heterocycles. The highest BCUT2D eigenvalue weighted by molar-refractivity contribution is 5.08. The summed E-state index contributed by atoms with van der Waals surface area (Å²) in [7, 11) is 1.60. The van der Waals surface area contributed by atoms with Gasteiger partial charge in [0.25, 0.3) is 0 Å². The second kappa shape index (κ2) is 1.69. The van der Waals surface area contributed by atoms with Crippen LogP contribution >= 0.6 is 0 Å². The van der Waals surface area contributed by atoms with E-state index in [4.69, 9.17) is 4.74 Å². The van der Waals surface area contributed by atoms with Gasteiger partial charge in [-0.15, -0.1) is 0 Å². The molecule has 0 aromatic carbocycles. The van der Waals surface area contributed by atoms with Crippen molar-refractivity contribution in [2.75, 3.05) is 7.11 Å². The molecule has 0 saturated heterocycles. The Kier molecular flexibility index (Phi) is 1.02. The van der Waals surface area contributed by atoms with Crippen LogP contribution in [0.5, 0.6) is 5.88 Å². The van der Waals surface area contributed by atoms with Crippen LogP contribution in [-0.4, -0.2) is 7.11 Å². The minimum absolute atomic E-state index is 0.681. The maximum Gasteiger partial charge on any atom is 0.0748 e. The maximum absolute atomic E-state index is 4.74. The van der Waals surface area contributed by atoms with Gasteiger partial charge < -0.3 is 9.72 Å². The maximum atomic E-state index is 4.74. The first-order valence-electron chi connectivity index (χ1n) is 2.05. The second-order valence-corrected chi connectivity index (χ2v) is 1.18. The van der Waals surface area contributed by atoms with Crippen molar-refractivity contribution < 1.29 is 4.74 Å². The molecule has 1 aromatic rings. The van der Waals surface area contributed by atoms with E-state index in [0.29, 0.717) is 5.88 Å². The fourth-order valence-electron chi connectivity index (χ4n) is 0.406. The molecule has 0 bridgehead atoms. The molecule has 2 nitrogen and oxygen atoms in total. The lowest BCUT2D eigenvalue weighted by molar-refractivity contribution is 0.399. The largest absolute Gasteiger partial charge is 0.634 e. The molecule has 0 aliphatic heterocycles. The molecule has 1 heterocycles. The average molecular weight is 96.1 g/mol. The van der Waals surface area contributed by atoms with Gasteiger partial charge in [-0.2, -0.15) is 6.20 Å². The van der Waals surface area contributed by atoms with Crippen LogP contribution in [0, 0.1) is 0 Å². The van der Waals surface area contributed by atoms with E-state index in [9.17, 15) is 0 Å². The van der Waals surface area contributed by atoms with Crippen LogP contribution < -0.4 is 9.72 Å². The first-order valence-corrected chi connectivity index (χ1v) is 2.05. The Morgan fingerprint density at radius 1 is 1.71 bits per heavy atom. The Balaban J connectivity index is 2.76. The number of hydrogen-bond donors (Lipinski definition) is 0. The van der Waals surface area contributed by atoms with Crippen LogP contribution in [0.25, 0.3) is 0 Å². The Hall–Kier alpha value is -0.920. The number of ether oxygens (including phenoxy) is 1. The second-order valence-electron chi connectivity index (χ2n) is 1.18. The highest BCUT2D eigenvalue weighted by Crippen LogP contribution is 1.99. The third-order valence-corrected chi connectivity index (χ3v) is 0.736. The third kappa shape index (κ3) is 0.738. The number of methoxy groups -OCH3 is 1. The zero-order chi connectivity index (χ0) is 5.11. The summed E-state index contributed by atoms with van der Waals surface area (Å²) in [4.78, 5) is 3.81. The minimum Gasteiger partial charge on any atom is -0.634 e. The minimum atomic E-state index is 0.681. The van der Waals surface area contributed by atoms with Crippen molar-refractivity contribution in [3.05, 3.63) is 18.3 Å². The molecule has 0 radical (unpaired) electrons. The molecule has 0 aliphatic rings. The van der Waals surface area contributed by atoms with Crippen molar-refractivity contribution >= 4 is 0 Å². The molecule has 0 N–H and O–H groups in total. The van der Waals surface area contributed by atoms with E-state index in [-0.39, 0.29) is 0 Å². The SMILES string of the molecule is COc1ccc[n-]1. The van der Waals surface area contributed by atoms with Crippen molar-refractivity contribution in [2.24, 2.45) is 0 Å². The zero-order valence-corrected chi connectivity index (χ0v) is 4.09. The van der Waals surface area contributed by atoms with E-state index < -0.39 is 0 Å². The molecule has 0 fully saturated rings. The zero-order valence-electron chi connectivity index (χ0n) is 4.09. The summed E-state index contributed by atoms with van der Waals surface area (Å²) in [6.45, 7) is 0. The molecule has 38 valence electrons. The number of aromatic nitrogens is 1. The first kappa shape index (κ1) is 4.24. The highest BCUT2D eigenvalue weighted by Gasteiger charge is 1.68. The topological polar surface area (TPSA) is 23.3 Å². The Labute approximate surface area is 42.1 Å². The van der Waals surface area contributed by atoms with Crippen molar-refractivity contribution in [3.63, 3.8) is 0 Å². The Morgan fingerprint density at radius 2 is 2.57 bits per heavy atom. The van der Waals surface area contributed by atoms with Crippen LogP contribution in [0.3, 0.4) is 0 Å². The van der Waals surface area contributed by atoms with Crippen LogP contribution in [-0.2, 0) is 0 Å². The summed E-state index contributed by atoms with van der Waals surface area (Å²) in [5.41, 5.74) is 0. The van der Waals surface area contributed by atoms with Crippen LogP contribution in [0.4, 0.5) is 0 Å². The summed E-state index contributed by atoms with van der Waals surface area (Å²) in [5.74, 6) is 0.681. The van der Waals surface area contributed by atoms with Gasteiger partial charge in [0.15, 0.2) is 0 Å². The summed E-state index contributed by atoms with van der Waals surface area (Å²) >= 11 is 0. The molecule has 0 spiro atoms. The molecule has 1 rings (SSSR count). The van der Waals surface area contributed by atoms with E-state index in [2.05, 4.69) is 4.98 Å². The van der Waals surface area contributed by atoms with Gasteiger partial charge in [-0.05, 0) is 6.07 Å². The summed E-state index contributed by atoms with van der Waals surface area (Å²) in [6.07, 6.45) is 1.69. The van der Waals surface area contributed by atoms with Crippen LogP contribution in [0.1, 0.15) is 0 Å². The van der Waals surface area contributed by atoms with Gasteiger partial charge in [0.1, 0.15) is 0 Å². The number of nitrogens with zero attached hydrogens (tertiary/aromatic N) is 1. The van der Waals surface area contributed by atoms with Crippen LogP contribution in [0.15, 0.2) is 18.3 Å². The lowest BCUT2D eigenvalue weighted by Crippen LogP contribution is -1.80. The summed E-state index contributed by atoms with van der Waals surface area (Å²) in [5, 5.41) is 0. The Bertz CT molecular complexity index is 123. The van der Waals surface area contributed by atoms with Gasteiger partial charge in [0.2, 0.25) is 0 Å².